The molecule has 0 bridgehead atoms. The van der Waals surface area contributed by atoms with Crippen LogP contribution in [0.3, 0.4) is 0 Å². The van der Waals surface area contributed by atoms with Crippen molar-refractivity contribution in [2.75, 3.05) is 26.2 Å². The summed E-state index contributed by atoms with van der Waals surface area (Å²) in [6.07, 6.45) is 4.21. The number of hydrogen-bond donors (Lipinski definition) is 3. The monoisotopic (exact) mass is 214 g/mol. The Morgan fingerprint density at radius 3 is 2.40 bits per heavy atom. The van der Waals surface area contributed by atoms with E-state index >= 15 is 0 Å². The predicted octanol–water partition coefficient (Wildman–Crippen LogP) is 1.13. The van der Waals surface area contributed by atoms with Crippen molar-refractivity contribution in [3.63, 3.8) is 0 Å². The maximum atomic E-state index is 10.1. The van der Waals surface area contributed by atoms with Crippen LogP contribution in [0, 0.1) is 5.92 Å². The lowest BCUT2D eigenvalue weighted by Gasteiger charge is -2.28. The maximum absolute atomic E-state index is 10.1. The first-order chi connectivity index (χ1) is 7.20. The molecular formula is C12H26N2O. The van der Waals surface area contributed by atoms with Crippen LogP contribution in [-0.2, 0) is 0 Å². The summed E-state index contributed by atoms with van der Waals surface area (Å²) in [5, 5.41) is 16.9. The zero-order chi connectivity index (χ0) is 11.1. The van der Waals surface area contributed by atoms with E-state index in [2.05, 4.69) is 24.5 Å². The predicted molar refractivity (Wildman–Crippen MR) is 64.0 cm³/mol. The average Bonchev–Trinajstić information content (AvgIpc) is 2.30. The first kappa shape index (κ1) is 12.9. The van der Waals surface area contributed by atoms with Crippen LogP contribution in [0.25, 0.3) is 0 Å². The normalized spacial score (nSPS) is 19.4. The van der Waals surface area contributed by atoms with E-state index in [-0.39, 0.29) is 0 Å². The van der Waals surface area contributed by atoms with Crippen molar-refractivity contribution < 1.29 is 5.11 Å². The summed E-state index contributed by atoms with van der Waals surface area (Å²) >= 11 is 0. The van der Waals surface area contributed by atoms with Crippen LogP contribution < -0.4 is 10.6 Å². The second-order valence-corrected chi connectivity index (χ2v) is 4.76. The maximum Gasteiger partial charge on any atom is 0.0766 e. The second kappa shape index (κ2) is 6.46. The summed E-state index contributed by atoms with van der Waals surface area (Å²) in [6.45, 7) is 8.20. The number of rotatable bonds is 6. The third kappa shape index (κ3) is 4.49. The molecule has 1 aliphatic heterocycles. The quantitative estimate of drug-likeness (QED) is 0.621. The average molecular weight is 214 g/mol. The van der Waals surface area contributed by atoms with E-state index in [1.165, 1.54) is 12.8 Å². The van der Waals surface area contributed by atoms with Gasteiger partial charge in [0.25, 0.3) is 0 Å². The Balaban J connectivity index is 2.14. The Kier molecular flexibility index (Phi) is 5.58. The topological polar surface area (TPSA) is 44.3 Å². The van der Waals surface area contributed by atoms with E-state index in [1.807, 2.05) is 0 Å². The minimum absolute atomic E-state index is 0.493. The largest absolute Gasteiger partial charge is 0.389 e. The summed E-state index contributed by atoms with van der Waals surface area (Å²) in [7, 11) is 0. The van der Waals surface area contributed by atoms with Crippen molar-refractivity contribution in [2.45, 2.75) is 45.1 Å². The van der Waals surface area contributed by atoms with E-state index in [1.54, 1.807) is 0 Å². The molecule has 90 valence electrons. The van der Waals surface area contributed by atoms with Gasteiger partial charge in [-0.15, -0.1) is 0 Å². The summed E-state index contributed by atoms with van der Waals surface area (Å²) in [5.41, 5.74) is -0.493. The highest BCUT2D eigenvalue weighted by Crippen LogP contribution is 2.14. The van der Waals surface area contributed by atoms with Crippen LogP contribution in [-0.4, -0.2) is 36.9 Å². The molecule has 0 aromatic carbocycles. The van der Waals surface area contributed by atoms with Gasteiger partial charge in [-0.1, -0.05) is 13.8 Å². The molecule has 0 amide bonds. The summed E-state index contributed by atoms with van der Waals surface area (Å²) in [6, 6.07) is 0. The molecule has 0 unspecified atom stereocenters. The van der Waals surface area contributed by atoms with Crippen molar-refractivity contribution in [2.24, 2.45) is 5.92 Å². The van der Waals surface area contributed by atoms with E-state index in [9.17, 15) is 5.11 Å². The number of nitrogens with one attached hydrogen (secondary N) is 2. The summed E-state index contributed by atoms with van der Waals surface area (Å²) in [4.78, 5) is 0. The summed E-state index contributed by atoms with van der Waals surface area (Å²) in [5.74, 6) is 0.796. The number of piperidine rings is 1. The minimum atomic E-state index is -0.493. The first-order valence-electron chi connectivity index (χ1n) is 6.34. The van der Waals surface area contributed by atoms with Gasteiger partial charge in [-0.3, -0.25) is 0 Å². The van der Waals surface area contributed by atoms with Crippen LogP contribution in [0.4, 0.5) is 0 Å². The highest BCUT2D eigenvalue weighted by molar-refractivity contribution is 4.79. The van der Waals surface area contributed by atoms with Crippen molar-refractivity contribution in [3.05, 3.63) is 0 Å². The molecule has 1 saturated heterocycles. The molecule has 0 aromatic rings. The standard InChI is InChI=1S/C12H26N2O/c1-3-12(15,4-2)10-14-9-11-5-7-13-8-6-11/h11,13-15H,3-10H2,1-2H3. The molecule has 1 fully saturated rings. The van der Waals surface area contributed by atoms with Crippen molar-refractivity contribution in [3.8, 4) is 0 Å². The van der Waals surface area contributed by atoms with Gasteiger partial charge < -0.3 is 15.7 Å². The zero-order valence-corrected chi connectivity index (χ0v) is 10.2. The fourth-order valence-electron chi connectivity index (χ4n) is 2.09. The van der Waals surface area contributed by atoms with Gasteiger partial charge in [0.2, 0.25) is 0 Å². The van der Waals surface area contributed by atoms with E-state index in [4.69, 9.17) is 0 Å². The van der Waals surface area contributed by atoms with Crippen LogP contribution in [0.1, 0.15) is 39.5 Å². The molecule has 0 saturated carbocycles. The highest BCUT2D eigenvalue weighted by atomic mass is 16.3. The molecule has 0 radical (unpaired) electrons. The van der Waals surface area contributed by atoms with Crippen LogP contribution >= 0.6 is 0 Å². The van der Waals surface area contributed by atoms with Crippen LogP contribution in [0.5, 0.6) is 0 Å². The lowest BCUT2D eigenvalue weighted by molar-refractivity contribution is 0.0315. The van der Waals surface area contributed by atoms with Gasteiger partial charge >= 0.3 is 0 Å². The van der Waals surface area contributed by atoms with Gasteiger partial charge in [0.1, 0.15) is 0 Å². The Labute approximate surface area is 93.6 Å². The van der Waals surface area contributed by atoms with Crippen molar-refractivity contribution in [1.29, 1.82) is 0 Å². The molecule has 0 aromatic heterocycles. The molecule has 0 atom stereocenters. The lowest BCUT2D eigenvalue weighted by Crippen LogP contribution is -2.42. The van der Waals surface area contributed by atoms with Crippen molar-refractivity contribution in [1.82, 2.24) is 10.6 Å². The number of hydrogen-bond acceptors (Lipinski definition) is 3. The fraction of sp³-hybridized carbons (Fsp3) is 1.00. The van der Waals surface area contributed by atoms with Crippen LogP contribution in [0.15, 0.2) is 0 Å². The zero-order valence-electron chi connectivity index (χ0n) is 10.2. The van der Waals surface area contributed by atoms with E-state index in [0.717, 1.165) is 44.9 Å². The van der Waals surface area contributed by atoms with Gasteiger partial charge in [-0.05, 0) is 51.2 Å². The van der Waals surface area contributed by atoms with Gasteiger partial charge in [-0.25, -0.2) is 0 Å². The van der Waals surface area contributed by atoms with E-state index < -0.39 is 5.60 Å². The number of aliphatic hydroxyl groups is 1. The lowest BCUT2D eigenvalue weighted by atomic mass is 9.95. The second-order valence-electron chi connectivity index (χ2n) is 4.76. The third-order valence-corrected chi connectivity index (χ3v) is 3.66. The Bertz CT molecular complexity index is 163. The SMILES string of the molecule is CCC(O)(CC)CNCC1CCNCC1. The molecule has 3 heteroatoms. The smallest absolute Gasteiger partial charge is 0.0766 e. The third-order valence-electron chi connectivity index (χ3n) is 3.66. The van der Waals surface area contributed by atoms with E-state index in [0.29, 0.717) is 0 Å². The molecule has 0 spiro atoms. The first-order valence-corrected chi connectivity index (χ1v) is 6.34. The molecule has 0 aliphatic carbocycles. The minimum Gasteiger partial charge on any atom is -0.389 e. The summed E-state index contributed by atoms with van der Waals surface area (Å²) < 4.78 is 0. The molecule has 1 aliphatic rings. The fourth-order valence-corrected chi connectivity index (χ4v) is 2.09. The van der Waals surface area contributed by atoms with Gasteiger partial charge in [0.05, 0.1) is 5.60 Å². The molecule has 1 rings (SSSR count). The van der Waals surface area contributed by atoms with Gasteiger partial charge in [0, 0.05) is 6.54 Å². The molecular weight excluding hydrogens is 188 g/mol. The molecule has 3 nitrogen and oxygen atoms in total. The highest BCUT2D eigenvalue weighted by Gasteiger charge is 2.22. The Hall–Kier alpha value is -0.120. The van der Waals surface area contributed by atoms with Gasteiger partial charge in [-0.2, -0.15) is 0 Å². The van der Waals surface area contributed by atoms with Gasteiger partial charge in [0.15, 0.2) is 0 Å². The molecule has 15 heavy (non-hydrogen) atoms. The Morgan fingerprint density at radius 1 is 1.27 bits per heavy atom. The Morgan fingerprint density at radius 2 is 1.87 bits per heavy atom. The van der Waals surface area contributed by atoms with Crippen LogP contribution in [0.2, 0.25) is 0 Å². The molecule has 3 N–H and O–H groups in total. The molecule has 1 heterocycles. The van der Waals surface area contributed by atoms with Crippen molar-refractivity contribution >= 4 is 0 Å².